The van der Waals surface area contributed by atoms with Crippen molar-refractivity contribution >= 4 is 60.9 Å². The lowest BCUT2D eigenvalue weighted by atomic mass is 9.99. The zero-order valence-corrected chi connectivity index (χ0v) is 30.8. The number of anilines is 3. The molecule has 0 aliphatic rings. The maximum absolute atomic E-state index is 6.67. The Morgan fingerprint density at radius 3 is 1.46 bits per heavy atom. The topological polar surface area (TPSA) is 42.4 Å². The second-order valence-electron chi connectivity index (χ2n) is 14.4. The van der Waals surface area contributed by atoms with E-state index >= 15 is 0 Å². The monoisotopic (exact) mass is 730 g/mol. The highest BCUT2D eigenvalue weighted by Crippen LogP contribution is 2.48. The Kier molecular flexibility index (Phi) is 7.78. The van der Waals surface area contributed by atoms with E-state index in [2.05, 4.69) is 181 Å². The lowest BCUT2D eigenvalue weighted by Crippen LogP contribution is -2.11. The van der Waals surface area contributed by atoms with E-state index in [0.717, 1.165) is 72.2 Å². The van der Waals surface area contributed by atoms with E-state index in [1.807, 2.05) is 30.3 Å². The quantitative estimate of drug-likeness (QED) is 0.164. The Morgan fingerprint density at radius 1 is 0.351 bits per heavy atom. The molecule has 11 aromatic rings. The standard InChI is InChI=1S/C53H34N2O2/c1-3-11-35(12-4-1)38-19-21-39(22-20-38)41-27-31-45(32-28-41)55(44-29-25-40(26-30-44)36-13-5-2-6-14-36)52-50-46-17-9-10-18-47(46)56-48(50)34-49-51(52)54-53(57-49)43-24-23-37-15-7-8-16-42(37)33-43/h1-34H. The molecule has 11 rings (SSSR count). The molecule has 2 heterocycles. The van der Waals surface area contributed by atoms with E-state index in [0.29, 0.717) is 11.5 Å². The second-order valence-corrected chi connectivity index (χ2v) is 14.4. The van der Waals surface area contributed by atoms with Gasteiger partial charge in [0.15, 0.2) is 5.58 Å². The van der Waals surface area contributed by atoms with Gasteiger partial charge in [-0.05, 0) is 86.6 Å². The summed E-state index contributed by atoms with van der Waals surface area (Å²) in [4.78, 5) is 7.61. The molecule has 0 N–H and O–H groups in total. The number of oxazole rings is 1. The van der Waals surface area contributed by atoms with E-state index in [-0.39, 0.29) is 0 Å². The van der Waals surface area contributed by atoms with Gasteiger partial charge in [-0.25, -0.2) is 4.98 Å². The van der Waals surface area contributed by atoms with Crippen LogP contribution in [0.25, 0.3) is 88.6 Å². The third-order valence-corrected chi connectivity index (χ3v) is 10.9. The van der Waals surface area contributed by atoms with Gasteiger partial charge in [0.2, 0.25) is 5.89 Å². The number of hydrogen-bond acceptors (Lipinski definition) is 4. The minimum absolute atomic E-state index is 0.558. The van der Waals surface area contributed by atoms with Crippen molar-refractivity contribution in [3.63, 3.8) is 0 Å². The van der Waals surface area contributed by atoms with Crippen LogP contribution in [0.1, 0.15) is 0 Å². The third-order valence-electron chi connectivity index (χ3n) is 10.9. The first-order valence-corrected chi connectivity index (χ1v) is 19.2. The number of hydrogen-bond donors (Lipinski definition) is 0. The fourth-order valence-corrected chi connectivity index (χ4v) is 8.04. The Morgan fingerprint density at radius 2 is 0.842 bits per heavy atom. The Labute approximate surface area is 329 Å². The van der Waals surface area contributed by atoms with E-state index < -0.39 is 0 Å². The molecule has 268 valence electrons. The molecule has 0 bridgehead atoms. The molecule has 9 aromatic carbocycles. The lowest BCUT2D eigenvalue weighted by Gasteiger charge is -2.27. The number of nitrogens with zero attached hydrogens (tertiary/aromatic N) is 2. The molecule has 0 saturated heterocycles. The van der Waals surface area contributed by atoms with Gasteiger partial charge in [-0.15, -0.1) is 0 Å². The normalized spacial score (nSPS) is 11.5. The van der Waals surface area contributed by atoms with Crippen molar-refractivity contribution in [1.29, 1.82) is 0 Å². The highest BCUT2D eigenvalue weighted by Gasteiger charge is 2.26. The summed E-state index contributed by atoms with van der Waals surface area (Å²) in [6.07, 6.45) is 0. The van der Waals surface area contributed by atoms with Crippen molar-refractivity contribution in [3.05, 3.63) is 206 Å². The molecule has 4 heteroatoms. The number of fused-ring (bicyclic) bond motifs is 5. The molecular weight excluding hydrogens is 697 g/mol. The largest absolute Gasteiger partial charge is 0.456 e. The molecule has 0 radical (unpaired) electrons. The van der Waals surface area contributed by atoms with Gasteiger partial charge in [0.25, 0.3) is 0 Å². The van der Waals surface area contributed by atoms with Crippen molar-refractivity contribution in [1.82, 2.24) is 4.98 Å². The maximum Gasteiger partial charge on any atom is 0.227 e. The number of rotatable bonds is 7. The predicted molar refractivity (Wildman–Crippen MR) is 235 cm³/mol. The first kappa shape index (κ1) is 32.7. The number of aromatic nitrogens is 1. The van der Waals surface area contributed by atoms with Gasteiger partial charge in [0.05, 0.1) is 11.1 Å². The van der Waals surface area contributed by atoms with E-state index in [1.165, 1.54) is 22.1 Å². The SMILES string of the molecule is c1ccc(-c2ccc(-c3ccc(N(c4ccc(-c5ccccc5)cc4)c4c5nc(-c6ccc7ccccc7c6)oc5cc5oc6ccccc6c45)cc3)cc2)cc1. The molecule has 0 fully saturated rings. The molecule has 0 amide bonds. The Hall–Kier alpha value is -7.69. The minimum atomic E-state index is 0.558. The van der Waals surface area contributed by atoms with Crippen LogP contribution in [-0.4, -0.2) is 4.98 Å². The molecular formula is C53H34N2O2. The first-order chi connectivity index (χ1) is 28.2. The number of furan rings is 1. The predicted octanol–water partition coefficient (Wildman–Crippen LogP) is 15.0. The average molecular weight is 731 g/mol. The first-order valence-electron chi connectivity index (χ1n) is 19.2. The van der Waals surface area contributed by atoms with Crippen molar-refractivity contribution in [3.8, 4) is 44.8 Å². The summed E-state index contributed by atoms with van der Waals surface area (Å²) >= 11 is 0. The molecule has 2 aromatic heterocycles. The van der Waals surface area contributed by atoms with Crippen molar-refractivity contribution < 1.29 is 8.83 Å². The van der Waals surface area contributed by atoms with Crippen LogP contribution in [0.15, 0.2) is 215 Å². The molecule has 0 saturated carbocycles. The van der Waals surface area contributed by atoms with Gasteiger partial charge in [0, 0.05) is 28.4 Å². The second kappa shape index (κ2) is 13.6. The van der Waals surface area contributed by atoms with E-state index in [4.69, 9.17) is 13.8 Å². The molecule has 57 heavy (non-hydrogen) atoms. The van der Waals surface area contributed by atoms with Gasteiger partial charge in [-0.2, -0.15) is 0 Å². The molecule has 0 aliphatic carbocycles. The van der Waals surface area contributed by atoms with Gasteiger partial charge in [-0.3, -0.25) is 0 Å². The molecule has 0 unspecified atom stereocenters. The van der Waals surface area contributed by atoms with Crippen molar-refractivity contribution in [2.75, 3.05) is 4.90 Å². The highest BCUT2D eigenvalue weighted by molar-refractivity contribution is 6.20. The fourth-order valence-electron chi connectivity index (χ4n) is 8.04. The fraction of sp³-hybridized carbons (Fsp3) is 0. The van der Waals surface area contributed by atoms with Crippen LogP contribution < -0.4 is 4.90 Å². The van der Waals surface area contributed by atoms with Crippen LogP contribution in [0.5, 0.6) is 0 Å². The van der Waals surface area contributed by atoms with Crippen molar-refractivity contribution in [2.45, 2.75) is 0 Å². The highest BCUT2D eigenvalue weighted by atomic mass is 16.4. The van der Waals surface area contributed by atoms with Gasteiger partial charge < -0.3 is 13.7 Å². The summed E-state index contributed by atoms with van der Waals surface area (Å²) in [7, 11) is 0. The molecule has 0 aliphatic heterocycles. The van der Waals surface area contributed by atoms with Gasteiger partial charge in [-0.1, -0.05) is 158 Å². The van der Waals surface area contributed by atoms with Crippen LogP contribution in [0.2, 0.25) is 0 Å². The summed E-state index contributed by atoms with van der Waals surface area (Å²) in [6.45, 7) is 0. The maximum atomic E-state index is 6.67. The average Bonchev–Trinajstić information content (AvgIpc) is 3.89. The summed E-state index contributed by atoms with van der Waals surface area (Å²) in [5.74, 6) is 0.558. The molecule has 0 spiro atoms. The van der Waals surface area contributed by atoms with Crippen molar-refractivity contribution in [2.24, 2.45) is 0 Å². The van der Waals surface area contributed by atoms with E-state index in [1.54, 1.807) is 0 Å². The summed E-state index contributed by atoms with van der Waals surface area (Å²) in [5, 5.41) is 4.29. The Balaban J connectivity index is 1.11. The van der Waals surface area contributed by atoms with Crippen LogP contribution >= 0.6 is 0 Å². The van der Waals surface area contributed by atoms with Crippen LogP contribution in [-0.2, 0) is 0 Å². The van der Waals surface area contributed by atoms with Crippen LogP contribution in [0, 0.1) is 0 Å². The number of para-hydroxylation sites is 1. The van der Waals surface area contributed by atoms with Crippen LogP contribution in [0.4, 0.5) is 17.1 Å². The summed E-state index contributed by atoms with van der Waals surface area (Å²) in [6, 6.07) is 72.2. The van der Waals surface area contributed by atoms with Gasteiger partial charge in [0.1, 0.15) is 16.7 Å². The number of benzene rings is 9. The molecule has 4 nitrogen and oxygen atoms in total. The van der Waals surface area contributed by atoms with Crippen LogP contribution in [0.3, 0.4) is 0 Å². The Bertz CT molecular complexity index is 3200. The molecule has 0 atom stereocenters. The lowest BCUT2D eigenvalue weighted by molar-refractivity contribution is 0.617. The summed E-state index contributed by atoms with van der Waals surface area (Å²) < 4.78 is 13.2. The smallest absolute Gasteiger partial charge is 0.227 e. The summed E-state index contributed by atoms with van der Waals surface area (Å²) in [5.41, 5.74) is 13.7. The zero-order chi connectivity index (χ0) is 37.7. The third kappa shape index (κ3) is 5.83. The van der Waals surface area contributed by atoms with E-state index in [9.17, 15) is 0 Å². The minimum Gasteiger partial charge on any atom is -0.456 e. The van der Waals surface area contributed by atoms with Gasteiger partial charge >= 0.3 is 0 Å². The zero-order valence-electron chi connectivity index (χ0n) is 30.8.